The summed E-state index contributed by atoms with van der Waals surface area (Å²) in [5, 5.41) is 0. The quantitative estimate of drug-likeness (QED) is 0.113. The molecular weight excluding hydrogens is 810 g/mol. The third kappa shape index (κ3) is 17.0. The molecule has 0 aromatic heterocycles. The number of esters is 4. The summed E-state index contributed by atoms with van der Waals surface area (Å²) in [6.07, 6.45) is 0. The van der Waals surface area contributed by atoms with Gasteiger partial charge in [0.25, 0.3) is 0 Å². The zero-order valence-corrected chi connectivity index (χ0v) is 34.9. The Morgan fingerprint density at radius 2 is 0.714 bits per heavy atom. The number of hydrogen-bond donors (Lipinski definition) is 0. The molecule has 268 valence electrons. The number of benzene rings is 2. The van der Waals surface area contributed by atoms with Crippen LogP contribution in [-0.4, -0.2) is 125 Å². The topological polar surface area (TPSA) is 220 Å². The number of rotatable bonds is 14. The Hall–Kier alpha value is -2.29. The normalized spacial score (nSPS) is 11.4. The Labute approximate surface area is 328 Å². The first kappa shape index (κ1) is 46.7. The van der Waals surface area contributed by atoms with Crippen molar-refractivity contribution in [2.24, 2.45) is 23.7 Å². The van der Waals surface area contributed by atoms with Crippen molar-refractivity contribution in [2.75, 3.05) is 26.4 Å². The van der Waals surface area contributed by atoms with Crippen molar-refractivity contribution in [1.82, 2.24) is 0 Å². The first-order valence-corrected chi connectivity index (χ1v) is 17.7. The van der Waals surface area contributed by atoms with Gasteiger partial charge in [0.2, 0.25) is 0 Å². The molecular formula is C32H42BaO14S2. The van der Waals surface area contributed by atoms with Crippen LogP contribution in [0.25, 0.3) is 0 Å². The smallest absolute Gasteiger partial charge is 0.744 e. The standard InChI is InChI=1S/2C16H22O7S.Ba/c2*1-10(2)8-22-15(17)13-6-5-12(24(19,20)21)7-14(13)16(18)23-9-11(3)4;/h2*5-7,10-11H,8-9H2,1-4H3,(H,19,20,21);/q;;+2/p-2. The molecule has 0 unspecified atom stereocenters. The van der Waals surface area contributed by atoms with Crippen LogP contribution in [0.15, 0.2) is 46.2 Å². The van der Waals surface area contributed by atoms with E-state index < -0.39 is 53.9 Å². The summed E-state index contributed by atoms with van der Waals surface area (Å²) in [4.78, 5) is 47.3. The summed E-state index contributed by atoms with van der Waals surface area (Å²) < 4.78 is 87.1. The van der Waals surface area contributed by atoms with Gasteiger partial charge < -0.3 is 28.1 Å². The maximum Gasteiger partial charge on any atom is 2.00 e. The van der Waals surface area contributed by atoms with E-state index in [4.69, 9.17) is 18.9 Å². The second-order valence-electron chi connectivity index (χ2n) is 12.3. The van der Waals surface area contributed by atoms with E-state index in [2.05, 4.69) is 0 Å². The van der Waals surface area contributed by atoms with Crippen LogP contribution in [0.5, 0.6) is 0 Å². The van der Waals surface area contributed by atoms with E-state index in [9.17, 15) is 45.1 Å². The van der Waals surface area contributed by atoms with Gasteiger partial charge >= 0.3 is 72.8 Å². The Bertz CT molecular complexity index is 1540. The molecule has 49 heavy (non-hydrogen) atoms. The Kier molecular flexibility index (Phi) is 20.2. The Balaban J connectivity index is 0.000000922. The van der Waals surface area contributed by atoms with Crippen LogP contribution >= 0.6 is 0 Å². The number of carbonyl (C=O) groups is 4. The van der Waals surface area contributed by atoms with Gasteiger partial charge in [0.15, 0.2) is 0 Å². The first-order chi connectivity index (χ1) is 22.0. The van der Waals surface area contributed by atoms with Gasteiger partial charge in [-0.15, -0.1) is 0 Å². The maximum absolute atomic E-state index is 12.2. The minimum atomic E-state index is -4.77. The van der Waals surface area contributed by atoms with Crippen molar-refractivity contribution in [3.05, 3.63) is 58.7 Å². The summed E-state index contributed by atoms with van der Waals surface area (Å²) in [5.41, 5.74) is -0.892. The molecule has 0 bridgehead atoms. The van der Waals surface area contributed by atoms with Crippen molar-refractivity contribution in [1.29, 1.82) is 0 Å². The molecule has 0 aliphatic heterocycles. The average Bonchev–Trinajstić information content (AvgIpc) is 2.98. The molecule has 14 nitrogen and oxygen atoms in total. The second kappa shape index (κ2) is 21.2. The second-order valence-corrected chi connectivity index (χ2v) is 15.1. The SMILES string of the molecule is CC(C)COC(=O)c1ccc(S(=O)(=O)[O-])cc1C(=O)OCC(C)C.CC(C)COC(=O)c1ccc(S(=O)(=O)[O-])cc1C(=O)OCC(C)C.[Ba+2]. The molecule has 0 saturated carbocycles. The molecule has 0 aliphatic rings. The van der Waals surface area contributed by atoms with Crippen molar-refractivity contribution in [3.8, 4) is 0 Å². The predicted octanol–water partition coefficient (Wildman–Crippen LogP) is 4.05. The largest absolute Gasteiger partial charge is 2.00 e. The van der Waals surface area contributed by atoms with Gasteiger partial charge in [-0.2, -0.15) is 0 Å². The molecule has 0 amide bonds. The van der Waals surface area contributed by atoms with E-state index in [0.717, 1.165) is 36.4 Å². The zero-order chi connectivity index (χ0) is 37.0. The fourth-order valence-corrected chi connectivity index (χ4v) is 4.33. The van der Waals surface area contributed by atoms with E-state index in [-0.39, 0.29) is 121 Å². The minimum absolute atomic E-state index is 0. The van der Waals surface area contributed by atoms with Gasteiger partial charge in [0.05, 0.1) is 58.5 Å². The minimum Gasteiger partial charge on any atom is -0.744 e. The number of hydrogen-bond acceptors (Lipinski definition) is 14. The van der Waals surface area contributed by atoms with Crippen LogP contribution in [-0.2, 0) is 39.2 Å². The van der Waals surface area contributed by atoms with E-state index in [0.29, 0.717) is 0 Å². The van der Waals surface area contributed by atoms with Gasteiger partial charge in [0, 0.05) is 0 Å². The summed E-state index contributed by atoms with van der Waals surface area (Å²) in [6, 6.07) is 5.79. The zero-order valence-electron chi connectivity index (χ0n) is 28.8. The van der Waals surface area contributed by atoms with Crippen LogP contribution in [0.4, 0.5) is 0 Å². The molecule has 2 rings (SSSR count). The molecule has 2 aromatic rings. The molecule has 0 atom stereocenters. The number of ether oxygens (including phenoxy) is 4. The first-order valence-electron chi connectivity index (χ1n) is 14.9. The molecule has 0 radical (unpaired) electrons. The van der Waals surface area contributed by atoms with E-state index >= 15 is 0 Å². The van der Waals surface area contributed by atoms with Crippen LogP contribution < -0.4 is 0 Å². The van der Waals surface area contributed by atoms with E-state index in [1.54, 1.807) is 0 Å². The van der Waals surface area contributed by atoms with E-state index in [1.807, 2.05) is 55.4 Å². The summed E-state index contributed by atoms with van der Waals surface area (Å²) in [6.45, 7) is 15.1. The average molecular weight is 852 g/mol. The molecule has 0 fully saturated rings. The molecule has 0 aliphatic carbocycles. The summed E-state index contributed by atoms with van der Waals surface area (Å²) in [5.74, 6) is -3.05. The summed E-state index contributed by atoms with van der Waals surface area (Å²) in [7, 11) is -9.54. The third-order valence-electron chi connectivity index (χ3n) is 5.63. The maximum atomic E-state index is 12.2. The molecule has 0 saturated heterocycles. The fraction of sp³-hybridized carbons (Fsp3) is 0.500. The van der Waals surface area contributed by atoms with Gasteiger partial charge in [-0.3, -0.25) is 0 Å². The Morgan fingerprint density at radius 1 is 0.490 bits per heavy atom. The molecule has 2 aromatic carbocycles. The fourth-order valence-electron chi connectivity index (χ4n) is 3.33. The monoisotopic (exact) mass is 852 g/mol. The van der Waals surface area contributed by atoms with Crippen molar-refractivity contribution >= 4 is 93.0 Å². The van der Waals surface area contributed by atoms with Gasteiger partial charge in [-0.1, -0.05) is 55.4 Å². The van der Waals surface area contributed by atoms with Gasteiger partial charge in [-0.25, -0.2) is 36.0 Å². The van der Waals surface area contributed by atoms with Crippen LogP contribution in [0.2, 0.25) is 0 Å². The van der Waals surface area contributed by atoms with Crippen LogP contribution in [0.1, 0.15) is 96.8 Å². The van der Waals surface area contributed by atoms with Crippen molar-refractivity contribution in [3.63, 3.8) is 0 Å². The van der Waals surface area contributed by atoms with E-state index in [1.165, 1.54) is 0 Å². The molecule has 0 N–H and O–H groups in total. The van der Waals surface area contributed by atoms with Crippen molar-refractivity contribution in [2.45, 2.75) is 65.2 Å². The number of carbonyl (C=O) groups excluding carboxylic acids is 4. The molecule has 0 spiro atoms. The van der Waals surface area contributed by atoms with Crippen LogP contribution in [0.3, 0.4) is 0 Å². The Morgan fingerprint density at radius 3 is 0.918 bits per heavy atom. The van der Waals surface area contributed by atoms with Crippen molar-refractivity contribution < 1.29 is 64.1 Å². The third-order valence-corrected chi connectivity index (χ3v) is 7.29. The molecule has 0 heterocycles. The van der Waals surface area contributed by atoms with Gasteiger partial charge in [0.1, 0.15) is 20.2 Å². The molecule has 17 heteroatoms. The van der Waals surface area contributed by atoms with Gasteiger partial charge in [-0.05, 0) is 60.1 Å². The predicted molar refractivity (Wildman–Crippen MR) is 175 cm³/mol. The summed E-state index contributed by atoms with van der Waals surface area (Å²) >= 11 is 0. The van der Waals surface area contributed by atoms with Crippen LogP contribution in [0, 0.1) is 23.7 Å².